The molecule has 0 fully saturated rings. The molecule has 37 heavy (non-hydrogen) atoms. The smallest absolute Gasteiger partial charge is 0.339 e. The molecule has 0 N–H and O–H groups in total. The van der Waals surface area contributed by atoms with E-state index >= 15 is 0 Å². The molecule has 0 bridgehead atoms. The zero-order valence-corrected chi connectivity index (χ0v) is 23.4. The van der Waals surface area contributed by atoms with Crippen molar-refractivity contribution in [3.05, 3.63) is 118 Å². The molecule has 0 aliphatic carbocycles. The minimum atomic E-state index is -1.00. The van der Waals surface area contributed by atoms with E-state index in [9.17, 15) is 4.79 Å². The predicted octanol–water partition coefficient (Wildman–Crippen LogP) is 8.37. The lowest BCUT2D eigenvalue weighted by atomic mass is 9.83. The number of hydrogen-bond acceptors (Lipinski definition) is 6. The summed E-state index contributed by atoms with van der Waals surface area (Å²) >= 11 is 6.44. The van der Waals surface area contributed by atoms with Gasteiger partial charge in [0.1, 0.15) is 11.5 Å². The van der Waals surface area contributed by atoms with Crippen LogP contribution in [0, 0.1) is 20.8 Å². The predicted molar refractivity (Wildman–Crippen MR) is 158 cm³/mol. The summed E-state index contributed by atoms with van der Waals surface area (Å²) in [6.45, 7) is 7.97. The Morgan fingerprint density at radius 3 is 2.14 bits per heavy atom. The van der Waals surface area contributed by atoms with Crippen molar-refractivity contribution in [1.82, 2.24) is 0 Å². The average Bonchev–Trinajstić information content (AvgIpc) is 2.90. The van der Waals surface area contributed by atoms with Crippen molar-refractivity contribution in [1.29, 1.82) is 0 Å². The Labute approximate surface area is 229 Å². The number of carbonyl (C=O) groups is 1. The highest BCUT2D eigenvalue weighted by Gasteiger charge is 2.42. The molecule has 1 heterocycles. The summed E-state index contributed by atoms with van der Waals surface area (Å²) in [7, 11) is 2.03. The monoisotopic (exact) mass is 529 g/mol. The van der Waals surface area contributed by atoms with Crippen LogP contribution < -0.4 is 9.64 Å². The van der Waals surface area contributed by atoms with Gasteiger partial charge in [0.2, 0.25) is 0 Å². The number of anilines is 2. The molecule has 0 radical (unpaired) electrons. The normalized spacial score (nSPS) is 15.3. The van der Waals surface area contributed by atoms with Crippen LogP contribution in [0.25, 0.3) is 0 Å². The lowest BCUT2D eigenvalue weighted by molar-refractivity contribution is 0.00273. The Morgan fingerprint density at radius 1 is 0.784 bits per heavy atom. The van der Waals surface area contributed by atoms with Crippen LogP contribution in [0.15, 0.2) is 84.9 Å². The summed E-state index contributed by atoms with van der Waals surface area (Å²) in [5, 5.41) is 0. The molecular weight excluding hydrogens is 498 g/mol. The molecule has 1 unspecified atom stereocenters. The number of fused-ring (bicyclic) bond motifs is 2. The van der Waals surface area contributed by atoms with Gasteiger partial charge in [-0.2, -0.15) is 0 Å². The molecule has 5 rings (SSSR count). The van der Waals surface area contributed by atoms with Gasteiger partial charge in [-0.1, -0.05) is 47.5 Å². The summed E-state index contributed by atoms with van der Waals surface area (Å²) in [6.07, 6.45) is 0. The highest BCUT2D eigenvalue weighted by atomic mass is 33.1. The van der Waals surface area contributed by atoms with Crippen molar-refractivity contribution in [3.8, 4) is 11.5 Å². The lowest BCUT2D eigenvalue weighted by Gasteiger charge is -2.37. The Balaban J connectivity index is 0.00000156. The molecule has 1 aliphatic heterocycles. The number of benzene rings is 4. The summed E-state index contributed by atoms with van der Waals surface area (Å²) in [6, 6.07) is 28.0. The van der Waals surface area contributed by atoms with Gasteiger partial charge in [-0.25, -0.2) is 4.79 Å². The van der Waals surface area contributed by atoms with Crippen molar-refractivity contribution in [2.75, 3.05) is 11.9 Å². The van der Waals surface area contributed by atoms with E-state index in [4.69, 9.17) is 9.47 Å². The molecule has 190 valence electrons. The largest absolute Gasteiger partial charge is 0.456 e. The van der Waals surface area contributed by atoms with Gasteiger partial charge < -0.3 is 14.4 Å². The molecule has 6 heteroatoms. The van der Waals surface area contributed by atoms with Crippen LogP contribution in [0.2, 0.25) is 0 Å². The third-order valence-electron chi connectivity index (χ3n) is 6.82. The average molecular weight is 530 g/mol. The summed E-state index contributed by atoms with van der Waals surface area (Å²) < 4.78 is 12.7. The molecular formula is C31H31NO3S2. The molecule has 0 amide bonds. The Bertz CT molecular complexity index is 1440. The quantitative estimate of drug-likeness (QED) is 0.158. The number of ether oxygens (including phenoxy) is 2. The minimum absolute atomic E-state index is 0.355. The van der Waals surface area contributed by atoms with Crippen LogP contribution in [-0.4, -0.2) is 13.0 Å². The number of hydrogen-bond donors (Lipinski definition) is 2. The third-order valence-corrected chi connectivity index (χ3v) is 6.82. The standard InChI is InChI=1S/C31H29NO3.H2S2/c1-20-10-13-23(14-11-20)32(5)24-15-16-26-29(19-24)34-28-17-12-21(2)18-27(28)31(26,4)35-30(33)25-9-7-6-8-22(25)3;1-2/h6-19H,1-5H3;1-2H. The first kappa shape index (κ1) is 26.7. The van der Waals surface area contributed by atoms with Gasteiger partial charge in [0, 0.05) is 35.6 Å². The number of carbonyl (C=O) groups excluding carboxylic acids is 1. The van der Waals surface area contributed by atoms with Crippen LogP contribution in [0.4, 0.5) is 11.4 Å². The van der Waals surface area contributed by atoms with Crippen LogP contribution in [0.5, 0.6) is 11.5 Å². The highest BCUT2D eigenvalue weighted by Crippen LogP contribution is 2.50. The Hall–Kier alpha value is -3.35. The second-order valence-corrected chi connectivity index (χ2v) is 9.41. The number of rotatable bonds is 4. The van der Waals surface area contributed by atoms with Gasteiger partial charge in [-0.05, 0) is 75.7 Å². The minimum Gasteiger partial charge on any atom is -0.456 e. The van der Waals surface area contributed by atoms with E-state index in [-0.39, 0.29) is 5.97 Å². The van der Waals surface area contributed by atoms with Crippen molar-refractivity contribution in [2.45, 2.75) is 33.3 Å². The molecule has 4 aromatic rings. The van der Waals surface area contributed by atoms with Crippen molar-refractivity contribution in [2.24, 2.45) is 0 Å². The molecule has 0 saturated heterocycles. The van der Waals surface area contributed by atoms with Gasteiger partial charge in [0.05, 0.1) is 5.56 Å². The van der Waals surface area contributed by atoms with Gasteiger partial charge >= 0.3 is 5.97 Å². The lowest BCUT2D eigenvalue weighted by Crippen LogP contribution is -2.34. The zero-order valence-electron chi connectivity index (χ0n) is 21.6. The molecule has 0 spiro atoms. The second-order valence-electron chi connectivity index (χ2n) is 9.41. The molecule has 0 aromatic heterocycles. The maximum Gasteiger partial charge on any atom is 0.339 e. The fourth-order valence-corrected chi connectivity index (χ4v) is 4.64. The van der Waals surface area contributed by atoms with Gasteiger partial charge in [-0.3, -0.25) is 0 Å². The fourth-order valence-electron chi connectivity index (χ4n) is 4.64. The number of esters is 1. The zero-order chi connectivity index (χ0) is 26.7. The highest BCUT2D eigenvalue weighted by molar-refractivity contribution is 8.59. The first-order chi connectivity index (χ1) is 17.8. The van der Waals surface area contributed by atoms with Crippen LogP contribution >= 0.6 is 23.3 Å². The summed E-state index contributed by atoms with van der Waals surface area (Å²) in [4.78, 5) is 15.5. The second kappa shape index (κ2) is 11.0. The van der Waals surface area contributed by atoms with Gasteiger partial charge in [0.25, 0.3) is 0 Å². The van der Waals surface area contributed by atoms with E-state index in [1.54, 1.807) is 6.07 Å². The fraction of sp³-hybridized carbons (Fsp3) is 0.194. The van der Waals surface area contributed by atoms with Gasteiger partial charge in [0.15, 0.2) is 5.60 Å². The van der Waals surface area contributed by atoms with Crippen molar-refractivity contribution >= 4 is 40.7 Å². The van der Waals surface area contributed by atoms with E-state index in [1.807, 2.05) is 82.4 Å². The first-order valence-electron chi connectivity index (χ1n) is 12.0. The molecule has 1 atom stereocenters. The number of thiol groups is 2. The van der Waals surface area contributed by atoms with Crippen LogP contribution in [0.3, 0.4) is 0 Å². The number of aryl methyl sites for hydroxylation is 3. The van der Waals surface area contributed by atoms with E-state index in [1.165, 1.54) is 5.56 Å². The van der Waals surface area contributed by atoms with Crippen molar-refractivity contribution < 1.29 is 14.3 Å². The van der Waals surface area contributed by atoms with Crippen LogP contribution in [0.1, 0.15) is 45.1 Å². The summed E-state index contributed by atoms with van der Waals surface area (Å²) in [5.41, 5.74) is 6.45. The summed E-state index contributed by atoms with van der Waals surface area (Å²) in [5.74, 6) is 1.02. The van der Waals surface area contributed by atoms with Crippen LogP contribution in [-0.2, 0) is 10.3 Å². The number of nitrogens with zero attached hydrogens (tertiary/aromatic N) is 1. The van der Waals surface area contributed by atoms with Crippen molar-refractivity contribution in [3.63, 3.8) is 0 Å². The van der Waals surface area contributed by atoms with E-state index in [0.717, 1.165) is 33.6 Å². The SMILES string of the molecule is Cc1ccc(N(C)c2ccc3c(c2)Oc2ccc(C)cc2C3(C)OC(=O)c2ccccc2C)cc1.SS. The Kier molecular flexibility index (Phi) is 7.90. The maximum absolute atomic E-state index is 13.4. The Morgan fingerprint density at radius 2 is 1.43 bits per heavy atom. The van der Waals surface area contributed by atoms with E-state index in [2.05, 4.69) is 59.4 Å². The molecule has 1 aliphatic rings. The van der Waals surface area contributed by atoms with Gasteiger partial charge in [-0.15, -0.1) is 23.3 Å². The molecule has 4 nitrogen and oxygen atoms in total. The molecule has 0 saturated carbocycles. The third kappa shape index (κ3) is 5.22. The van der Waals surface area contributed by atoms with E-state index < -0.39 is 5.60 Å². The topological polar surface area (TPSA) is 38.8 Å². The maximum atomic E-state index is 13.4. The van der Waals surface area contributed by atoms with E-state index in [0.29, 0.717) is 17.1 Å². The first-order valence-corrected chi connectivity index (χ1v) is 13.6. The molecule has 4 aromatic carbocycles.